The lowest BCUT2D eigenvalue weighted by Crippen LogP contribution is -2.51. The van der Waals surface area contributed by atoms with Gasteiger partial charge in [0, 0.05) is 13.0 Å². The van der Waals surface area contributed by atoms with Crippen molar-refractivity contribution in [2.24, 2.45) is 5.73 Å². The van der Waals surface area contributed by atoms with E-state index >= 15 is 0 Å². The van der Waals surface area contributed by atoms with E-state index in [1.54, 1.807) is 0 Å². The van der Waals surface area contributed by atoms with E-state index in [0.717, 1.165) is 6.42 Å². The third-order valence-corrected chi connectivity index (χ3v) is 3.86. The van der Waals surface area contributed by atoms with Crippen LogP contribution in [0.5, 0.6) is 0 Å². The number of rotatable bonds is 12. The molecule has 0 saturated carbocycles. The summed E-state index contributed by atoms with van der Waals surface area (Å²) in [5.41, 5.74) is 5.63. The first-order chi connectivity index (χ1) is 13.7. The van der Waals surface area contributed by atoms with Gasteiger partial charge in [-0.05, 0) is 19.8 Å². The van der Waals surface area contributed by atoms with Gasteiger partial charge in [-0.2, -0.15) is 4.98 Å². The van der Waals surface area contributed by atoms with E-state index in [2.05, 4.69) is 26.1 Å². The zero-order chi connectivity index (χ0) is 22.0. The molecule has 1 aromatic rings. The molecule has 29 heavy (non-hydrogen) atoms. The van der Waals surface area contributed by atoms with E-state index in [9.17, 15) is 19.5 Å². The Morgan fingerprint density at radius 2 is 1.97 bits per heavy atom. The molecule has 164 valence electrons. The number of amides is 3. The summed E-state index contributed by atoms with van der Waals surface area (Å²) in [5, 5.41) is 38.5. The fourth-order valence-electron chi connectivity index (χ4n) is 2.24. The maximum atomic E-state index is 12.2. The van der Waals surface area contributed by atoms with Crippen molar-refractivity contribution >= 4 is 17.9 Å². The highest BCUT2D eigenvalue weighted by Gasteiger charge is 2.28. The number of carboxylic acids is 1. The third-order valence-electron chi connectivity index (χ3n) is 3.86. The van der Waals surface area contributed by atoms with E-state index in [0.29, 0.717) is 6.54 Å². The van der Waals surface area contributed by atoms with Crippen LogP contribution in [-0.4, -0.2) is 68.7 Å². The summed E-state index contributed by atoms with van der Waals surface area (Å²) >= 11 is 0. The van der Waals surface area contributed by atoms with Crippen LogP contribution < -0.4 is 21.7 Å². The number of aliphatic carboxylic acids is 1. The van der Waals surface area contributed by atoms with Crippen LogP contribution in [0.3, 0.4) is 0 Å². The summed E-state index contributed by atoms with van der Waals surface area (Å²) in [6.07, 6.45) is -0.481. The Balaban J connectivity index is 2.89. The summed E-state index contributed by atoms with van der Waals surface area (Å²) in [4.78, 5) is 39.2. The van der Waals surface area contributed by atoms with Gasteiger partial charge in [0.25, 0.3) is 0 Å². The molecule has 1 aromatic heterocycles. The second-order valence-electron chi connectivity index (χ2n) is 6.40. The molecule has 3 amide bonds. The van der Waals surface area contributed by atoms with Crippen molar-refractivity contribution in [2.45, 2.75) is 57.3 Å². The van der Waals surface area contributed by atoms with Crippen LogP contribution in [0.4, 0.5) is 4.79 Å². The number of carbonyl (C=O) groups excluding carboxylic acids is 2. The van der Waals surface area contributed by atoms with Crippen LogP contribution in [0.25, 0.3) is 0 Å². The predicted molar refractivity (Wildman–Crippen MR) is 98.4 cm³/mol. The Bertz CT molecular complexity index is 680. The molecule has 8 N–H and O–H groups in total. The van der Waals surface area contributed by atoms with Crippen LogP contribution in [0.2, 0.25) is 0 Å². The number of aromatic nitrogens is 2. The van der Waals surface area contributed by atoms with E-state index < -0.39 is 42.8 Å². The molecule has 0 aromatic carbocycles. The topological polar surface area (TPSA) is 213 Å². The second kappa shape index (κ2) is 11.9. The van der Waals surface area contributed by atoms with Gasteiger partial charge in [0.2, 0.25) is 11.8 Å². The molecular weight excluding hydrogens is 388 g/mol. The van der Waals surface area contributed by atoms with Gasteiger partial charge >= 0.3 is 12.0 Å². The summed E-state index contributed by atoms with van der Waals surface area (Å²) in [6.45, 7) is 3.20. The van der Waals surface area contributed by atoms with E-state index in [1.165, 1.54) is 6.92 Å². The zero-order valence-electron chi connectivity index (χ0n) is 16.3. The Kier molecular flexibility index (Phi) is 9.99. The van der Waals surface area contributed by atoms with Gasteiger partial charge in [0.15, 0.2) is 11.9 Å². The summed E-state index contributed by atoms with van der Waals surface area (Å²) < 4.78 is 5.07. The maximum Gasteiger partial charge on any atom is 0.328 e. The van der Waals surface area contributed by atoms with Crippen molar-refractivity contribution < 1.29 is 34.2 Å². The normalized spacial score (nSPS) is 15.1. The standard InChI is InChI=1S/C16H28N6O7/c1-3-6-18-11(25)5-4-10(14-21-13(22-29-14)9(17)7-23)19-16(28)20-12(8(2)24)15(26)27/h8-10,12,23-24H,3-7,17H2,1-2H3,(H,18,25)(H,26,27)(H2,19,20,28)/t8?,9-,10-,12-/m0/s1. The first-order valence-corrected chi connectivity index (χ1v) is 9.14. The number of carbonyl (C=O) groups is 3. The molecule has 0 fully saturated rings. The highest BCUT2D eigenvalue weighted by atomic mass is 16.5. The average Bonchev–Trinajstić information content (AvgIpc) is 3.16. The summed E-state index contributed by atoms with van der Waals surface area (Å²) in [6, 6.07) is -4.27. The van der Waals surface area contributed by atoms with E-state index in [4.69, 9.17) is 20.5 Å². The molecule has 4 atom stereocenters. The molecule has 0 spiro atoms. The van der Waals surface area contributed by atoms with Gasteiger partial charge in [-0.15, -0.1) is 0 Å². The Labute approximate surface area is 167 Å². The van der Waals surface area contributed by atoms with Gasteiger partial charge in [0.1, 0.15) is 6.04 Å². The summed E-state index contributed by atoms with van der Waals surface area (Å²) in [7, 11) is 0. The zero-order valence-corrected chi connectivity index (χ0v) is 16.3. The lowest BCUT2D eigenvalue weighted by Gasteiger charge is -2.20. The predicted octanol–water partition coefficient (Wildman–Crippen LogP) is -1.46. The first-order valence-electron chi connectivity index (χ1n) is 9.14. The Morgan fingerprint density at radius 1 is 1.28 bits per heavy atom. The minimum Gasteiger partial charge on any atom is -0.480 e. The molecule has 0 radical (unpaired) electrons. The maximum absolute atomic E-state index is 12.2. The van der Waals surface area contributed by atoms with Gasteiger partial charge in [-0.25, -0.2) is 9.59 Å². The van der Waals surface area contributed by atoms with Gasteiger partial charge in [-0.1, -0.05) is 12.1 Å². The van der Waals surface area contributed by atoms with Crippen molar-refractivity contribution in [3.8, 4) is 0 Å². The molecule has 1 heterocycles. The average molecular weight is 416 g/mol. The molecule has 1 rings (SSSR count). The molecule has 0 bridgehead atoms. The fraction of sp³-hybridized carbons (Fsp3) is 0.688. The Hall–Kier alpha value is -2.77. The highest BCUT2D eigenvalue weighted by molar-refractivity contribution is 5.83. The number of urea groups is 1. The van der Waals surface area contributed by atoms with Crippen LogP contribution in [0.15, 0.2) is 4.52 Å². The van der Waals surface area contributed by atoms with Crippen LogP contribution in [0, 0.1) is 0 Å². The van der Waals surface area contributed by atoms with Crippen molar-refractivity contribution in [3.05, 3.63) is 11.7 Å². The lowest BCUT2D eigenvalue weighted by atomic mass is 10.1. The monoisotopic (exact) mass is 416 g/mol. The van der Waals surface area contributed by atoms with Crippen molar-refractivity contribution in [1.82, 2.24) is 26.1 Å². The number of aliphatic hydroxyl groups is 2. The molecule has 1 unspecified atom stereocenters. The Morgan fingerprint density at radius 3 is 2.52 bits per heavy atom. The number of nitrogens with one attached hydrogen (secondary N) is 3. The number of aliphatic hydroxyl groups excluding tert-OH is 2. The molecule has 13 heteroatoms. The molecule has 0 saturated heterocycles. The summed E-state index contributed by atoms with van der Waals surface area (Å²) in [5.74, 6) is -1.72. The fourth-order valence-corrected chi connectivity index (χ4v) is 2.24. The van der Waals surface area contributed by atoms with E-state index in [1.807, 2.05) is 6.92 Å². The molecule has 0 aliphatic carbocycles. The van der Waals surface area contributed by atoms with Crippen molar-refractivity contribution in [3.63, 3.8) is 0 Å². The first kappa shape index (κ1) is 24.3. The molecule has 0 aliphatic rings. The molecule has 0 aliphatic heterocycles. The number of hydrogen-bond acceptors (Lipinski definition) is 9. The van der Waals surface area contributed by atoms with Crippen LogP contribution in [-0.2, 0) is 9.59 Å². The minimum absolute atomic E-state index is 0.0116. The largest absolute Gasteiger partial charge is 0.480 e. The molecular formula is C16H28N6O7. The van der Waals surface area contributed by atoms with Crippen molar-refractivity contribution in [1.29, 1.82) is 0 Å². The molecule has 13 nitrogen and oxygen atoms in total. The number of hydrogen-bond donors (Lipinski definition) is 7. The highest BCUT2D eigenvalue weighted by Crippen LogP contribution is 2.18. The minimum atomic E-state index is -1.54. The third kappa shape index (κ3) is 8.01. The van der Waals surface area contributed by atoms with Crippen molar-refractivity contribution in [2.75, 3.05) is 13.2 Å². The van der Waals surface area contributed by atoms with E-state index in [-0.39, 0.29) is 30.5 Å². The number of carboxylic acid groups (broad SMARTS) is 1. The van der Waals surface area contributed by atoms with Gasteiger partial charge < -0.3 is 41.5 Å². The lowest BCUT2D eigenvalue weighted by molar-refractivity contribution is -0.141. The number of nitrogens with two attached hydrogens (primary N) is 1. The van der Waals surface area contributed by atoms with Gasteiger partial charge in [-0.3, -0.25) is 4.79 Å². The SMILES string of the molecule is CCCNC(=O)CC[C@H](NC(=O)N[C@H](C(=O)O)C(C)O)c1nc([C@@H](N)CO)no1. The quantitative estimate of drug-likeness (QED) is 0.210. The van der Waals surface area contributed by atoms with Crippen LogP contribution in [0.1, 0.15) is 56.9 Å². The van der Waals surface area contributed by atoms with Crippen LogP contribution >= 0.6 is 0 Å². The number of nitrogens with zero attached hydrogens (tertiary/aromatic N) is 2. The smallest absolute Gasteiger partial charge is 0.328 e. The van der Waals surface area contributed by atoms with Gasteiger partial charge in [0.05, 0.1) is 18.8 Å². The second-order valence-corrected chi connectivity index (χ2v) is 6.40.